The smallest absolute Gasteiger partial charge is 0.339 e. The van der Waals surface area contributed by atoms with Gasteiger partial charge in [0, 0.05) is 16.3 Å². The lowest BCUT2D eigenvalue weighted by Gasteiger charge is -2.11. The summed E-state index contributed by atoms with van der Waals surface area (Å²) in [6.45, 7) is 0. The summed E-state index contributed by atoms with van der Waals surface area (Å²) in [7, 11) is -2.61. The zero-order valence-corrected chi connectivity index (χ0v) is 17.3. The van der Waals surface area contributed by atoms with Crippen LogP contribution in [0.5, 0.6) is 0 Å². The maximum Gasteiger partial charge on any atom is 0.339 e. The number of benzene rings is 3. The van der Waals surface area contributed by atoms with Crippen LogP contribution in [0.3, 0.4) is 0 Å². The summed E-state index contributed by atoms with van der Waals surface area (Å²) in [4.78, 5) is 24.5. The fraction of sp³-hybridized carbons (Fsp3) is 0.0476. The number of amides is 1. The molecule has 0 aliphatic rings. The van der Waals surface area contributed by atoms with E-state index in [4.69, 9.17) is 16.3 Å². The van der Waals surface area contributed by atoms with Gasteiger partial charge in [0.2, 0.25) is 0 Å². The van der Waals surface area contributed by atoms with Crippen molar-refractivity contribution in [2.75, 3.05) is 17.1 Å². The number of para-hydroxylation sites is 1. The van der Waals surface area contributed by atoms with Gasteiger partial charge in [-0.25, -0.2) is 13.2 Å². The van der Waals surface area contributed by atoms with Crippen molar-refractivity contribution in [1.29, 1.82) is 0 Å². The van der Waals surface area contributed by atoms with Gasteiger partial charge in [0.25, 0.3) is 15.9 Å². The van der Waals surface area contributed by atoms with Gasteiger partial charge in [0.05, 0.1) is 23.3 Å². The minimum absolute atomic E-state index is 0.0359. The van der Waals surface area contributed by atoms with Crippen molar-refractivity contribution >= 4 is 44.9 Å². The van der Waals surface area contributed by atoms with Crippen molar-refractivity contribution in [2.24, 2.45) is 0 Å². The average molecular weight is 445 g/mol. The van der Waals surface area contributed by atoms with E-state index in [1.54, 1.807) is 24.3 Å². The first-order valence-electron chi connectivity index (χ1n) is 8.67. The first kappa shape index (κ1) is 21.4. The van der Waals surface area contributed by atoms with Gasteiger partial charge < -0.3 is 10.1 Å². The monoisotopic (exact) mass is 444 g/mol. The van der Waals surface area contributed by atoms with E-state index in [1.165, 1.54) is 55.6 Å². The van der Waals surface area contributed by atoms with Crippen LogP contribution in [0.2, 0.25) is 5.02 Å². The van der Waals surface area contributed by atoms with Crippen LogP contribution < -0.4 is 10.0 Å². The number of anilines is 2. The van der Waals surface area contributed by atoms with E-state index in [2.05, 4.69) is 10.0 Å². The molecule has 0 saturated heterocycles. The number of nitrogens with one attached hydrogen (secondary N) is 2. The van der Waals surface area contributed by atoms with Crippen molar-refractivity contribution in [3.05, 3.63) is 88.9 Å². The number of sulfonamides is 1. The van der Waals surface area contributed by atoms with Crippen LogP contribution in [0.4, 0.5) is 11.4 Å². The molecule has 0 atom stereocenters. The molecule has 0 saturated carbocycles. The second kappa shape index (κ2) is 8.98. The van der Waals surface area contributed by atoms with Crippen LogP contribution in [0.25, 0.3) is 0 Å². The van der Waals surface area contributed by atoms with Gasteiger partial charge in [0.1, 0.15) is 0 Å². The quantitative estimate of drug-likeness (QED) is 0.555. The SMILES string of the molecule is COC(=O)c1ccccc1NC(=O)c1cccc(NS(=O)(=O)c2ccc(Cl)cc2)c1. The number of hydrogen-bond donors (Lipinski definition) is 2. The average Bonchev–Trinajstić information content (AvgIpc) is 2.73. The summed E-state index contributed by atoms with van der Waals surface area (Å²) < 4.78 is 32.2. The predicted octanol–water partition coefficient (Wildman–Crippen LogP) is 4.18. The van der Waals surface area contributed by atoms with E-state index in [0.717, 1.165) is 0 Å². The number of halogens is 1. The van der Waals surface area contributed by atoms with E-state index in [0.29, 0.717) is 5.02 Å². The minimum atomic E-state index is -3.85. The molecule has 154 valence electrons. The van der Waals surface area contributed by atoms with Crippen molar-refractivity contribution < 1.29 is 22.7 Å². The normalized spacial score (nSPS) is 10.9. The highest BCUT2D eigenvalue weighted by Crippen LogP contribution is 2.21. The molecule has 2 N–H and O–H groups in total. The zero-order valence-electron chi connectivity index (χ0n) is 15.8. The van der Waals surface area contributed by atoms with Crippen LogP contribution in [0.1, 0.15) is 20.7 Å². The molecule has 0 aromatic heterocycles. The first-order valence-corrected chi connectivity index (χ1v) is 10.5. The highest BCUT2D eigenvalue weighted by atomic mass is 35.5. The number of rotatable bonds is 6. The van der Waals surface area contributed by atoms with E-state index >= 15 is 0 Å². The molecule has 30 heavy (non-hydrogen) atoms. The van der Waals surface area contributed by atoms with Gasteiger partial charge in [-0.3, -0.25) is 9.52 Å². The Labute approximate surface area is 178 Å². The summed E-state index contributed by atoms with van der Waals surface area (Å²) in [5.74, 6) is -1.10. The number of esters is 1. The summed E-state index contributed by atoms with van der Waals surface area (Å²) in [5.41, 5.74) is 0.888. The van der Waals surface area contributed by atoms with Crippen LogP contribution in [-0.2, 0) is 14.8 Å². The lowest BCUT2D eigenvalue weighted by molar-refractivity contribution is 0.0602. The Bertz CT molecular complexity index is 1190. The second-order valence-electron chi connectivity index (χ2n) is 6.13. The van der Waals surface area contributed by atoms with Crippen LogP contribution >= 0.6 is 11.6 Å². The van der Waals surface area contributed by atoms with Crippen molar-refractivity contribution in [3.63, 3.8) is 0 Å². The number of methoxy groups -OCH3 is 1. The Hall–Kier alpha value is -3.36. The molecule has 3 aromatic carbocycles. The van der Waals surface area contributed by atoms with Crippen molar-refractivity contribution in [2.45, 2.75) is 4.90 Å². The molecular formula is C21H17ClN2O5S. The van der Waals surface area contributed by atoms with Gasteiger partial charge in [-0.15, -0.1) is 0 Å². The minimum Gasteiger partial charge on any atom is -0.465 e. The van der Waals surface area contributed by atoms with E-state index in [-0.39, 0.29) is 27.4 Å². The van der Waals surface area contributed by atoms with Crippen LogP contribution in [0, 0.1) is 0 Å². The molecule has 0 bridgehead atoms. The third-order valence-corrected chi connectivity index (χ3v) is 5.73. The molecule has 3 rings (SSSR count). The maximum absolute atomic E-state index is 12.6. The largest absolute Gasteiger partial charge is 0.465 e. The molecule has 0 heterocycles. The standard InChI is InChI=1S/C21H17ClN2O5S/c1-29-21(26)18-7-2-3-8-19(18)23-20(25)14-5-4-6-16(13-14)24-30(27,28)17-11-9-15(22)10-12-17/h2-13,24H,1H3,(H,23,25). The van der Waals surface area contributed by atoms with Crippen molar-refractivity contribution in [1.82, 2.24) is 0 Å². The Morgan fingerprint density at radius 3 is 2.33 bits per heavy atom. The number of carbonyl (C=O) groups excluding carboxylic acids is 2. The Balaban J connectivity index is 1.81. The van der Waals surface area contributed by atoms with Crippen molar-refractivity contribution in [3.8, 4) is 0 Å². The molecule has 1 amide bonds. The van der Waals surface area contributed by atoms with Gasteiger partial charge in [-0.1, -0.05) is 29.8 Å². The molecule has 0 aliphatic carbocycles. The first-order chi connectivity index (χ1) is 14.3. The molecule has 7 nitrogen and oxygen atoms in total. The fourth-order valence-electron chi connectivity index (χ4n) is 2.63. The lowest BCUT2D eigenvalue weighted by atomic mass is 10.1. The second-order valence-corrected chi connectivity index (χ2v) is 8.25. The Morgan fingerprint density at radius 2 is 1.63 bits per heavy atom. The van der Waals surface area contributed by atoms with E-state index in [1.807, 2.05) is 0 Å². The topological polar surface area (TPSA) is 102 Å². The van der Waals surface area contributed by atoms with Gasteiger partial charge in [0.15, 0.2) is 0 Å². The molecule has 9 heteroatoms. The highest BCUT2D eigenvalue weighted by molar-refractivity contribution is 7.92. The highest BCUT2D eigenvalue weighted by Gasteiger charge is 2.17. The molecule has 0 spiro atoms. The van der Waals surface area contributed by atoms with Gasteiger partial charge >= 0.3 is 5.97 Å². The molecule has 3 aromatic rings. The van der Waals surface area contributed by atoms with E-state index < -0.39 is 21.9 Å². The van der Waals surface area contributed by atoms with Gasteiger partial charge in [-0.05, 0) is 54.6 Å². The molecule has 0 unspecified atom stereocenters. The summed E-state index contributed by atoms with van der Waals surface area (Å²) >= 11 is 5.80. The molecule has 0 radical (unpaired) electrons. The fourth-order valence-corrected chi connectivity index (χ4v) is 3.80. The Morgan fingerprint density at radius 1 is 0.933 bits per heavy atom. The van der Waals surface area contributed by atoms with Gasteiger partial charge in [-0.2, -0.15) is 0 Å². The third kappa shape index (κ3) is 4.97. The zero-order chi connectivity index (χ0) is 21.7. The molecule has 0 fully saturated rings. The maximum atomic E-state index is 12.6. The summed E-state index contributed by atoms with van der Waals surface area (Å²) in [6, 6.07) is 18.1. The number of ether oxygens (including phenoxy) is 1. The molecular weight excluding hydrogens is 428 g/mol. The number of hydrogen-bond acceptors (Lipinski definition) is 5. The van der Waals surface area contributed by atoms with E-state index in [9.17, 15) is 18.0 Å². The molecule has 0 aliphatic heterocycles. The lowest BCUT2D eigenvalue weighted by Crippen LogP contribution is -2.16. The van der Waals surface area contributed by atoms with Crippen LogP contribution in [0.15, 0.2) is 77.7 Å². The summed E-state index contributed by atoms with van der Waals surface area (Å²) in [5, 5.41) is 3.05. The van der Waals surface area contributed by atoms with Crippen LogP contribution in [-0.4, -0.2) is 27.4 Å². The third-order valence-electron chi connectivity index (χ3n) is 4.08. The predicted molar refractivity (Wildman–Crippen MR) is 114 cm³/mol. The Kier molecular flexibility index (Phi) is 6.39. The number of carbonyl (C=O) groups is 2. The summed E-state index contributed by atoms with van der Waals surface area (Å²) in [6.07, 6.45) is 0.